The van der Waals surface area contributed by atoms with Crippen molar-refractivity contribution in [2.75, 3.05) is 32.7 Å². The number of carbonyl (C=O) groups excluding carboxylic acids is 1. The van der Waals surface area contributed by atoms with E-state index in [4.69, 9.17) is 11.0 Å². The highest BCUT2D eigenvalue weighted by molar-refractivity contribution is 5.82. The van der Waals surface area contributed by atoms with Crippen LogP contribution >= 0.6 is 0 Å². The predicted octanol–water partition coefficient (Wildman–Crippen LogP) is 0.418. The number of hydrogen-bond acceptors (Lipinski definition) is 4. The predicted molar refractivity (Wildman–Crippen MR) is 70.7 cm³/mol. The van der Waals surface area contributed by atoms with Crippen LogP contribution in [0.25, 0.3) is 0 Å². The maximum Gasteiger partial charge on any atom is 0.239 e. The SMILES string of the molecule is CCC(C)[C@H](N)C(=O)N1CCN(CCC#N)CC1. The molecule has 18 heavy (non-hydrogen) atoms. The topological polar surface area (TPSA) is 73.4 Å². The van der Waals surface area contributed by atoms with E-state index in [1.807, 2.05) is 11.8 Å². The number of carbonyl (C=O) groups is 1. The van der Waals surface area contributed by atoms with Crippen molar-refractivity contribution in [3.05, 3.63) is 0 Å². The fourth-order valence-electron chi connectivity index (χ4n) is 2.11. The van der Waals surface area contributed by atoms with Gasteiger partial charge >= 0.3 is 0 Å². The van der Waals surface area contributed by atoms with Gasteiger partial charge in [-0.25, -0.2) is 0 Å². The number of rotatable bonds is 5. The lowest BCUT2D eigenvalue weighted by atomic mass is 9.98. The normalized spacial score (nSPS) is 20.2. The van der Waals surface area contributed by atoms with Gasteiger partial charge in [-0.05, 0) is 5.92 Å². The monoisotopic (exact) mass is 252 g/mol. The number of nitrogens with two attached hydrogens (primary N) is 1. The first kappa shape index (κ1) is 14.9. The number of hydrogen-bond donors (Lipinski definition) is 1. The molecule has 2 N–H and O–H groups in total. The maximum atomic E-state index is 12.1. The van der Waals surface area contributed by atoms with Crippen LogP contribution in [0.3, 0.4) is 0 Å². The summed E-state index contributed by atoms with van der Waals surface area (Å²) in [6, 6.07) is 1.77. The van der Waals surface area contributed by atoms with Gasteiger partial charge in [0.05, 0.1) is 12.1 Å². The Morgan fingerprint density at radius 1 is 1.39 bits per heavy atom. The average Bonchev–Trinajstić information content (AvgIpc) is 2.43. The summed E-state index contributed by atoms with van der Waals surface area (Å²) in [6.45, 7) is 8.03. The zero-order chi connectivity index (χ0) is 13.5. The molecule has 0 bridgehead atoms. The average molecular weight is 252 g/mol. The molecule has 5 heteroatoms. The fourth-order valence-corrected chi connectivity index (χ4v) is 2.11. The van der Waals surface area contributed by atoms with E-state index in [1.165, 1.54) is 0 Å². The summed E-state index contributed by atoms with van der Waals surface area (Å²) in [5.74, 6) is 0.304. The van der Waals surface area contributed by atoms with Gasteiger partial charge in [0, 0.05) is 39.1 Å². The van der Waals surface area contributed by atoms with Crippen LogP contribution in [0, 0.1) is 17.2 Å². The molecule has 1 fully saturated rings. The van der Waals surface area contributed by atoms with E-state index < -0.39 is 0 Å². The van der Waals surface area contributed by atoms with Crippen LogP contribution in [0.15, 0.2) is 0 Å². The van der Waals surface area contributed by atoms with Crippen molar-refractivity contribution in [2.45, 2.75) is 32.7 Å². The summed E-state index contributed by atoms with van der Waals surface area (Å²) in [4.78, 5) is 16.2. The summed E-state index contributed by atoms with van der Waals surface area (Å²) >= 11 is 0. The first-order valence-corrected chi connectivity index (χ1v) is 6.73. The van der Waals surface area contributed by atoms with Crippen LogP contribution in [0.2, 0.25) is 0 Å². The van der Waals surface area contributed by atoms with Gasteiger partial charge in [0.15, 0.2) is 0 Å². The minimum atomic E-state index is -0.374. The number of amides is 1. The highest BCUT2D eigenvalue weighted by Gasteiger charge is 2.27. The van der Waals surface area contributed by atoms with E-state index in [-0.39, 0.29) is 17.9 Å². The fraction of sp³-hybridized carbons (Fsp3) is 0.846. The largest absolute Gasteiger partial charge is 0.339 e. The van der Waals surface area contributed by atoms with Crippen LogP contribution in [-0.2, 0) is 4.79 Å². The third-order valence-electron chi connectivity index (χ3n) is 3.77. The van der Waals surface area contributed by atoms with Gasteiger partial charge in [-0.3, -0.25) is 9.69 Å². The van der Waals surface area contributed by atoms with Crippen molar-refractivity contribution < 1.29 is 4.79 Å². The van der Waals surface area contributed by atoms with E-state index in [9.17, 15) is 4.79 Å². The van der Waals surface area contributed by atoms with Crippen molar-refractivity contribution in [1.82, 2.24) is 9.80 Å². The summed E-state index contributed by atoms with van der Waals surface area (Å²) in [7, 11) is 0. The van der Waals surface area contributed by atoms with Gasteiger partial charge in [-0.1, -0.05) is 20.3 Å². The molecular weight excluding hydrogens is 228 g/mol. The minimum absolute atomic E-state index is 0.0734. The highest BCUT2D eigenvalue weighted by Crippen LogP contribution is 2.10. The van der Waals surface area contributed by atoms with Gasteiger partial charge in [-0.2, -0.15) is 5.26 Å². The Morgan fingerprint density at radius 2 is 2.00 bits per heavy atom. The highest BCUT2D eigenvalue weighted by atomic mass is 16.2. The number of nitriles is 1. The van der Waals surface area contributed by atoms with Crippen LogP contribution in [-0.4, -0.2) is 54.5 Å². The molecule has 1 aliphatic rings. The Labute approximate surface area is 110 Å². The second-order valence-corrected chi connectivity index (χ2v) is 4.99. The van der Waals surface area contributed by atoms with Crippen molar-refractivity contribution in [1.29, 1.82) is 5.26 Å². The Balaban J connectivity index is 2.38. The van der Waals surface area contributed by atoms with Crippen molar-refractivity contribution in [2.24, 2.45) is 11.7 Å². The lowest BCUT2D eigenvalue weighted by molar-refractivity contribution is -0.135. The maximum absolute atomic E-state index is 12.1. The molecule has 1 unspecified atom stereocenters. The lowest BCUT2D eigenvalue weighted by Crippen LogP contribution is -2.54. The molecule has 0 radical (unpaired) electrons. The zero-order valence-electron chi connectivity index (χ0n) is 11.4. The van der Waals surface area contributed by atoms with Gasteiger partial charge in [0.2, 0.25) is 5.91 Å². The molecular formula is C13H24N4O. The Morgan fingerprint density at radius 3 is 2.50 bits per heavy atom. The summed E-state index contributed by atoms with van der Waals surface area (Å²) in [5, 5.41) is 8.54. The van der Waals surface area contributed by atoms with E-state index in [1.54, 1.807) is 0 Å². The first-order chi connectivity index (χ1) is 8.60. The smallest absolute Gasteiger partial charge is 0.239 e. The molecule has 0 aromatic carbocycles. The number of nitrogens with zero attached hydrogens (tertiary/aromatic N) is 3. The standard InChI is InChI=1S/C13H24N4O/c1-3-11(2)12(15)13(18)17-9-7-16(8-10-17)6-4-5-14/h11-12H,3-4,6-10,15H2,1-2H3/t11?,12-/m0/s1. The third-order valence-corrected chi connectivity index (χ3v) is 3.77. The van der Waals surface area contributed by atoms with E-state index >= 15 is 0 Å². The van der Waals surface area contributed by atoms with Crippen LogP contribution in [0.4, 0.5) is 0 Å². The zero-order valence-corrected chi connectivity index (χ0v) is 11.4. The van der Waals surface area contributed by atoms with Crippen LogP contribution in [0.5, 0.6) is 0 Å². The number of piperazine rings is 1. The first-order valence-electron chi connectivity index (χ1n) is 6.73. The summed E-state index contributed by atoms with van der Waals surface area (Å²) in [5.41, 5.74) is 5.97. The molecule has 1 heterocycles. The molecule has 1 rings (SSSR count). The molecule has 0 aliphatic carbocycles. The van der Waals surface area contributed by atoms with Crippen molar-refractivity contribution >= 4 is 5.91 Å². The van der Waals surface area contributed by atoms with Gasteiger partial charge < -0.3 is 10.6 Å². The molecule has 0 spiro atoms. The van der Waals surface area contributed by atoms with Gasteiger partial charge in [0.25, 0.3) is 0 Å². The second-order valence-electron chi connectivity index (χ2n) is 4.99. The molecule has 1 saturated heterocycles. The quantitative estimate of drug-likeness (QED) is 0.769. The molecule has 2 atom stereocenters. The van der Waals surface area contributed by atoms with Gasteiger partial charge in [-0.15, -0.1) is 0 Å². The van der Waals surface area contributed by atoms with Gasteiger partial charge in [0.1, 0.15) is 0 Å². The van der Waals surface area contributed by atoms with Crippen LogP contribution < -0.4 is 5.73 Å². The Hall–Kier alpha value is -1.12. The van der Waals surface area contributed by atoms with E-state index in [2.05, 4.69) is 17.9 Å². The molecule has 0 aromatic heterocycles. The van der Waals surface area contributed by atoms with Crippen molar-refractivity contribution in [3.8, 4) is 6.07 Å². The third kappa shape index (κ3) is 3.97. The Kier molecular flexibility index (Phi) is 6.10. The molecule has 0 saturated carbocycles. The molecule has 0 aromatic rings. The Bertz CT molecular complexity index is 305. The molecule has 1 aliphatic heterocycles. The van der Waals surface area contributed by atoms with E-state index in [0.717, 1.165) is 39.1 Å². The lowest BCUT2D eigenvalue weighted by Gasteiger charge is -2.36. The van der Waals surface area contributed by atoms with E-state index in [0.29, 0.717) is 6.42 Å². The minimum Gasteiger partial charge on any atom is -0.339 e. The molecule has 5 nitrogen and oxygen atoms in total. The van der Waals surface area contributed by atoms with Crippen molar-refractivity contribution in [3.63, 3.8) is 0 Å². The molecule has 1 amide bonds. The second kappa shape index (κ2) is 7.34. The van der Waals surface area contributed by atoms with Crippen LogP contribution in [0.1, 0.15) is 26.7 Å². The summed E-state index contributed by atoms with van der Waals surface area (Å²) in [6.07, 6.45) is 1.48. The summed E-state index contributed by atoms with van der Waals surface area (Å²) < 4.78 is 0. The molecule has 102 valence electrons.